The van der Waals surface area contributed by atoms with Crippen LogP contribution < -0.4 is 4.90 Å². The molecule has 0 bridgehead atoms. The maximum atomic E-state index is 12.9. The normalized spacial score (nSPS) is 20.0. The van der Waals surface area contributed by atoms with Crippen molar-refractivity contribution in [3.63, 3.8) is 0 Å². The van der Waals surface area contributed by atoms with Crippen LogP contribution in [0.25, 0.3) is 0 Å². The van der Waals surface area contributed by atoms with E-state index in [2.05, 4.69) is 0 Å². The molecule has 1 aliphatic carbocycles. The Morgan fingerprint density at radius 2 is 1.58 bits per heavy atom. The molecule has 2 aliphatic rings. The Hall–Kier alpha value is -3.54. The molecule has 2 aromatic rings. The van der Waals surface area contributed by atoms with Gasteiger partial charge in [0.05, 0.1) is 23.1 Å². The number of ketones is 1. The van der Waals surface area contributed by atoms with E-state index in [9.17, 15) is 19.2 Å². The Balaban J connectivity index is 1.52. The fourth-order valence-electron chi connectivity index (χ4n) is 4.09. The van der Waals surface area contributed by atoms with Gasteiger partial charge < -0.3 is 4.74 Å². The second-order valence-electron chi connectivity index (χ2n) is 7.98. The number of fused-ring (bicyclic) bond motifs is 1. The van der Waals surface area contributed by atoms with Gasteiger partial charge in [-0.25, -0.2) is 9.69 Å². The number of hydrogen-bond donors (Lipinski definition) is 0. The first-order valence-corrected chi connectivity index (χ1v) is 10.3. The molecule has 0 saturated carbocycles. The second kappa shape index (κ2) is 8.30. The lowest BCUT2D eigenvalue weighted by Gasteiger charge is -2.18. The van der Waals surface area contributed by atoms with Gasteiger partial charge in [0, 0.05) is 5.56 Å². The van der Waals surface area contributed by atoms with E-state index in [1.165, 1.54) is 6.07 Å². The minimum Gasteiger partial charge on any atom is -0.454 e. The molecule has 2 amide bonds. The molecule has 31 heavy (non-hydrogen) atoms. The summed E-state index contributed by atoms with van der Waals surface area (Å²) in [6.07, 6.45) is 4.86. The third-order valence-corrected chi connectivity index (χ3v) is 6.04. The SMILES string of the molecule is Cc1ccc(C(=O)COC(=O)c2ccccc2N2C(=O)[C@H]3CC=CC[C@@H]3C2=O)cc1C. The fourth-order valence-corrected chi connectivity index (χ4v) is 4.09. The van der Waals surface area contributed by atoms with Crippen LogP contribution in [0.1, 0.15) is 44.7 Å². The van der Waals surface area contributed by atoms with Gasteiger partial charge in [-0.15, -0.1) is 0 Å². The first-order chi connectivity index (χ1) is 14.9. The van der Waals surface area contributed by atoms with Crippen LogP contribution in [0.2, 0.25) is 0 Å². The van der Waals surface area contributed by atoms with Crippen molar-refractivity contribution in [2.24, 2.45) is 11.8 Å². The third-order valence-electron chi connectivity index (χ3n) is 6.04. The van der Waals surface area contributed by atoms with Crippen molar-refractivity contribution >= 4 is 29.3 Å². The number of carbonyl (C=O) groups excluding carboxylic acids is 4. The van der Waals surface area contributed by atoms with Gasteiger partial charge >= 0.3 is 5.97 Å². The smallest absolute Gasteiger partial charge is 0.340 e. The van der Waals surface area contributed by atoms with Crippen molar-refractivity contribution in [2.75, 3.05) is 11.5 Å². The summed E-state index contributed by atoms with van der Waals surface area (Å²) in [5.74, 6) is -2.46. The summed E-state index contributed by atoms with van der Waals surface area (Å²) in [5.41, 5.74) is 2.80. The lowest BCUT2D eigenvalue weighted by molar-refractivity contribution is -0.122. The molecule has 158 valence electrons. The summed E-state index contributed by atoms with van der Waals surface area (Å²) >= 11 is 0. The number of aryl methyl sites for hydroxylation is 2. The maximum Gasteiger partial charge on any atom is 0.340 e. The molecule has 1 fully saturated rings. The molecular formula is C25H23NO5. The third kappa shape index (κ3) is 3.81. The molecule has 1 saturated heterocycles. The fraction of sp³-hybridized carbons (Fsp3) is 0.280. The molecule has 1 aliphatic heterocycles. The molecule has 0 spiro atoms. The Bertz CT molecular complexity index is 1090. The topological polar surface area (TPSA) is 80.8 Å². The first kappa shape index (κ1) is 20.7. The van der Waals surface area contributed by atoms with Gasteiger partial charge in [0.25, 0.3) is 0 Å². The maximum absolute atomic E-state index is 12.9. The van der Waals surface area contributed by atoms with Gasteiger partial charge in [-0.1, -0.05) is 36.4 Å². The highest BCUT2D eigenvalue weighted by atomic mass is 16.5. The molecule has 2 atom stereocenters. The van der Waals surface area contributed by atoms with Crippen molar-refractivity contribution in [3.05, 3.63) is 76.9 Å². The quantitative estimate of drug-likeness (QED) is 0.320. The Labute approximate surface area is 180 Å². The Morgan fingerprint density at radius 3 is 2.23 bits per heavy atom. The van der Waals surface area contributed by atoms with Crippen LogP contribution in [-0.2, 0) is 14.3 Å². The summed E-state index contributed by atoms with van der Waals surface area (Å²) in [7, 11) is 0. The molecule has 6 heteroatoms. The van der Waals surface area contributed by atoms with E-state index >= 15 is 0 Å². The summed E-state index contributed by atoms with van der Waals surface area (Å²) in [6.45, 7) is 3.44. The largest absolute Gasteiger partial charge is 0.454 e. The Kier molecular flexibility index (Phi) is 5.55. The number of esters is 1. The zero-order valence-electron chi connectivity index (χ0n) is 17.5. The zero-order chi connectivity index (χ0) is 22.1. The second-order valence-corrected chi connectivity index (χ2v) is 7.98. The molecule has 0 N–H and O–H groups in total. The molecule has 0 radical (unpaired) electrons. The van der Waals surface area contributed by atoms with Crippen LogP contribution in [0.4, 0.5) is 5.69 Å². The van der Waals surface area contributed by atoms with Gasteiger partial charge in [-0.2, -0.15) is 0 Å². The number of ether oxygens (including phenoxy) is 1. The molecule has 0 aromatic heterocycles. The highest BCUT2D eigenvalue weighted by molar-refractivity contribution is 6.24. The predicted octanol–water partition coefficient (Wildman–Crippen LogP) is 3.80. The van der Waals surface area contributed by atoms with Crippen LogP contribution in [-0.4, -0.2) is 30.2 Å². The number of imide groups is 1. The minimum absolute atomic E-state index is 0.0868. The number of para-hydroxylation sites is 1. The van der Waals surface area contributed by atoms with Gasteiger partial charge in [0.1, 0.15) is 0 Å². The first-order valence-electron chi connectivity index (χ1n) is 10.3. The van der Waals surface area contributed by atoms with Crippen LogP contribution in [0, 0.1) is 25.7 Å². The summed E-state index contributed by atoms with van der Waals surface area (Å²) in [5, 5.41) is 0. The average Bonchev–Trinajstić information content (AvgIpc) is 3.04. The van der Waals surface area contributed by atoms with E-state index in [0.29, 0.717) is 18.4 Å². The number of benzene rings is 2. The molecule has 4 rings (SSSR count). The van der Waals surface area contributed by atoms with Gasteiger partial charge in [0.15, 0.2) is 12.4 Å². The number of rotatable bonds is 5. The van der Waals surface area contributed by atoms with E-state index in [0.717, 1.165) is 16.0 Å². The number of nitrogens with zero attached hydrogens (tertiary/aromatic N) is 1. The number of carbonyl (C=O) groups is 4. The number of allylic oxidation sites excluding steroid dienone is 2. The van der Waals surface area contributed by atoms with Crippen LogP contribution >= 0.6 is 0 Å². The highest BCUT2D eigenvalue weighted by Gasteiger charge is 2.48. The van der Waals surface area contributed by atoms with Gasteiger partial charge in [-0.3, -0.25) is 14.4 Å². The molecule has 2 aromatic carbocycles. The lowest BCUT2D eigenvalue weighted by Crippen LogP contribution is -2.32. The number of Topliss-reactive ketones (excluding diaryl/α,β-unsaturated/α-hetero) is 1. The van der Waals surface area contributed by atoms with Crippen LogP contribution in [0.5, 0.6) is 0 Å². The lowest BCUT2D eigenvalue weighted by atomic mass is 9.85. The van der Waals surface area contributed by atoms with E-state index in [1.54, 1.807) is 30.3 Å². The molecule has 0 unspecified atom stereocenters. The standard InChI is InChI=1S/C25H23NO5/c1-15-11-12-17(13-16(15)2)22(27)14-31-25(30)20-9-5-6-10-21(20)26-23(28)18-7-3-4-8-19(18)24(26)29/h3-6,9-13,18-19H,7-8,14H2,1-2H3/t18-,19-/m0/s1. The highest BCUT2D eigenvalue weighted by Crippen LogP contribution is 2.38. The van der Waals surface area contributed by atoms with Crippen molar-refractivity contribution in [1.82, 2.24) is 0 Å². The average molecular weight is 417 g/mol. The molecule has 6 nitrogen and oxygen atoms in total. The van der Waals surface area contributed by atoms with E-state index in [-0.39, 0.29) is 28.8 Å². The monoisotopic (exact) mass is 417 g/mol. The molecule has 1 heterocycles. The number of hydrogen-bond acceptors (Lipinski definition) is 5. The summed E-state index contributed by atoms with van der Waals surface area (Å²) in [4.78, 5) is 52.1. The number of anilines is 1. The van der Waals surface area contributed by atoms with Crippen LogP contribution in [0.3, 0.4) is 0 Å². The van der Waals surface area contributed by atoms with Gasteiger partial charge in [0.2, 0.25) is 11.8 Å². The van der Waals surface area contributed by atoms with Crippen molar-refractivity contribution in [1.29, 1.82) is 0 Å². The van der Waals surface area contributed by atoms with Gasteiger partial charge in [-0.05, 0) is 56.0 Å². The summed E-state index contributed by atoms with van der Waals surface area (Å²) < 4.78 is 5.25. The van der Waals surface area contributed by atoms with E-state index in [4.69, 9.17) is 4.74 Å². The summed E-state index contributed by atoms with van der Waals surface area (Å²) in [6, 6.07) is 11.7. The van der Waals surface area contributed by atoms with E-state index in [1.807, 2.05) is 32.1 Å². The van der Waals surface area contributed by atoms with Crippen molar-refractivity contribution in [2.45, 2.75) is 26.7 Å². The zero-order valence-corrected chi connectivity index (χ0v) is 17.5. The minimum atomic E-state index is -0.749. The molecular weight excluding hydrogens is 394 g/mol. The van der Waals surface area contributed by atoms with Crippen molar-refractivity contribution in [3.8, 4) is 0 Å². The van der Waals surface area contributed by atoms with Crippen LogP contribution in [0.15, 0.2) is 54.6 Å². The van der Waals surface area contributed by atoms with Crippen molar-refractivity contribution < 1.29 is 23.9 Å². The van der Waals surface area contributed by atoms with E-state index < -0.39 is 24.4 Å². The predicted molar refractivity (Wildman–Crippen MR) is 115 cm³/mol. The number of amides is 2. The Morgan fingerprint density at radius 1 is 0.935 bits per heavy atom.